The number of allylic oxidation sites excluding steroid dienone is 2. The molecule has 4 rings (SSSR count). The molecular formula is C21H32O5. The predicted octanol–water partition coefficient (Wildman–Crippen LogP) is 2.33. The van der Waals surface area contributed by atoms with Crippen LogP contribution >= 0.6 is 0 Å². The number of methoxy groups -OCH3 is 1. The van der Waals surface area contributed by atoms with E-state index in [0.29, 0.717) is 25.7 Å². The van der Waals surface area contributed by atoms with Crippen LogP contribution in [0.5, 0.6) is 0 Å². The monoisotopic (exact) mass is 364 g/mol. The topological polar surface area (TPSA) is 87.0 Å². The molecule has 4 aliphatic rings. The van der Waals surface area contributed by atoms with Crippen molar-refractivity contribution in [2.75, 3.05) is 13.7 Å². The second-order valence-electron chi connectivity index (χ2n) is 9.37. The molecule has 0 saturated heterocycles. The number of aliphatic hydroxyl groups excluding tert-OH is 2. The Morgan fingerprint density at radius 2 is 1.96 bits per heavy atom. The molecule has 5 heteroatoms. The van der Waals surface area contributed by atoms with E-state index in [4.69, 9.17) is 4.74 Å². The first-order chi connectivity index (χ1) is 12.3. The van der Waals surface area contributed by atoms with Crippen molar-refractivity contribution in [3.63, 3.8) is 0 Å². The van der Waals surface area contributed by atoms with Gasteiger partial charge in [-0.15, -0.1) is 0 Å². The van der Waals surface area contributed by atoms with Gasteiger partial charge in [-0.3, -0.25) is 4.79 Å². The molecule has 6 unspecified atom stereocenters. The number of rotatable bonds is 2. The molecule has 0 aliphatic heterocycles. The summed E-state index contributed by atoms with van der Waals surface area (Å²) < 4.78 is 5.07. The lowest BCUT2D eigenvalue weighted by Crippen LogP contribution is -2.62. The highest BCUT2D eigenvalue weighted by molar-refractivity contribution is 5.75. The van der Waals surface area contributed by atoms with E-state index in [-0.39, 0.29) is 29.8 Å². The number of esters is 1. The third-order valence-electron chi connectivity index (χ3n) is 8.57. The molecule has 0 amide bonds. The van der Waals surface area contributed by atoms with Crippen LogP contribution in [0.2, 0.25) is 0 Å². The van der Waals surface area contributed by atoms with Crippen molar-refractivity contribution in [1.29, 1.82) is 0 Å². The van der Waals surface area contributed by atoms with E-state index in [0.717, 1.165) is 32.1 Å². The summed E-state index contributed by atoms with van der Waals surface area (Å²) in [6, 6.07) is 0. The second-order valence-corrected chi connectivity index (χ2v) is 9.37. The number of carbonyl (C=O) groups excluding carboxylic acids is 1. The molecule has 26 heavy (non-hydrogen) atoms. The smallest absolute Gasteiger partial charge is 0.309 e. The van der Waals surface area contributed by atoms with Crippen LogP contribution in [0.25, 0.3) is 0 Å². The molecule has 0 bridgehead atoms. The number of ether oxygens (including phenoxy) is 1. The van der Waals surface area contributed by atoms with E-state index in [9.17, 15) is 20.1 Å². The van der Waals surface area contributed by atoms with Crippen LogP contribution in [-0.2, 0) is 9.53 Å². The van der Waals surface area contributed by atoms with E-state index >= 15 is 0 Å². The average molecular weight is 364 g/mol. The van der Waals surface area contributed by atoms with Gasteiger partial charge in [-0.25, -0.2) is 0 Å². The lowest BCUT2D eigenvalue weighted by molar-refractivity contribution is -0.199. The van der Waals surface area contributed by atoms with Crippen LogP contribution in [0.15, 0.2) is 11.1 Å². The highest BCUT2D eigenvalue weighted by atomic mass is 16.5. The van der Waals surface area contributed by atoms with E-state index in [2.05, 4.69) is 6.92 Å². The summed E-state index contributed by atoms with van der Waals surface area (Å²) in [6.07, 6.45) is 6.16. The molecule has 0 aromatic rings. The maximum Gasteiger partial charge on any atom is 0.309 e. The molecule has 3 saturated carbocycles. The Bertz CT molecular complexity index is 642. The molecule has 0 radical (unpaired) electrons. The molecule has 146 valence electrons. The zero-order chi connectivity index (χ0) is 18.7. The van der Waals surface area contributed by atoms with Crippen LogP contribution in [0.4, 0.5) is 0 Å². The molecule has 0 aromatic carbocycles. The standard InChI is InChI=1S/C21H32O5/c1-19-8-7-16-14(15(19)3-4-17(19)18(24)26-2)6-10-21(25)11-13(23)5-9-20(16,21)12-22/h13,16-17,22-23,25H,3-12H2,1-2H3. The van der Waals surface area contributed by atoms with Gasteiger partial charge in [-0.1, -0.05) is 18.1 Å². The molecule has 0 heterocycles. The summed E-state index contributed by atoms with van der Waals surface area (Å²) in [4.78, 5) is 12.3. The predicted molar refractivity (Wildman–Crippen MR) is 96.2 cm³/mol. The van der Waals surface area contributed by atoms with Gasteiger partial charge in [0, 0.05) is 17.3 Å². The molecular weight excluding hydrogens is 332 g/mol. The summed E-state index contributed by atoms with van der Waals surface area (Å²) in [5, 5.41) is 32.0. The lowest BCUT2D eigenvalue weighted by atomic mass is 9.46. The molecule has 0 aromatic heterocycles. The fraction of sp³-hybridized carbons (Fsp3) is 0.857. The third-order valence-corrected chi connectivity index (χ3v) is 8.57. The molecule has 0 spiro atoms. The Hall–Kier alpha value is -0.910. The van der Waals surface area contributed by atoms with Crippen LogP contribution < -0.4 is 0 Å². The SMILES string of the molecule is COC(=O)C1CCC2=C3CCC4(O)CC(O)CCC4(CO)C3CCC21C. The quantitative estimate of drug-likeness (QED) is 0.517. The maximum absolute atomic E-state index is 12.3. The number of hydrogen-bond acceptors (Lipinski definition) is 5. The van der Waals surface area contributed by atoms with Gasteiger partial charge in [0.2, 0.25) is 0 Å². The summed E-state index contributed by atoms with van der Waals surface area (Å²) in [6.45, 7) is 2.17. The van der Waals surface area contributed by atoms with Crippen LogP contribution in [-0.4, -0.2) is 46.7 Å². The zero-order valence-electron chi connectivity index (χ0n) is 16.0. The van der Waals surface area contributed by atoms with Gasteiger partial charge < -0.3 is 20.1 Å². The van der Waals surface area contributed by atoms with Gasteiger partial charge in [0.1, 0.15) is 0 Å². The van der Waals surface area contributed by atoms with Gasteiger partial charge >= 0.3 is 5.97 Å². The highest BCUT2D eigenvalue weighted by Gasteiger charge is 2.63. The van der Waals surface area contributed by atoms with Crippen LogP contribution in [0.3, 0.4) is 0 Å². The molecule has 6 atom stereocenters. The van der Waals surface area contributed by atoms with Crippen molar-refractivity contribution in [3.8, 4) is 0 Å². The van der Waals surface area contributed by atoms with Crippen LogP contribution in [0.1, 0.15) is 64.7 Å². The van der Waals surface area contributed by atoms with Gasteiger partial charge in [0.15, 0.2) is 0 Å². The van der Waals surface area contributed by atoms with Crippen molar-refractivity contribution in [2.24, 2.45) is 22.7 Å². The van der Waals surface area contributed by atoms with Crippen LogP contribution in [0, 0.1) is 22.7 Å². The Morgan fingerprint density at radius 1 is 1.19 bits per heavy atom. The van der Waals surface area contributed by atoms with Gasteiger partial charge in [0.05, 0.1) is 31.3 Å². The zero-order valence-corrected chi connectivity index (χ0v) is 16.0. The second kappa shape index (κ2) is 6.05. The van der Waals surface area contributed by atoms with Gasteiger partial charge in [0.25, 0.3) is 0 Å². The first kappa shape index (κ1) is 18.5. The van der Waals surface area contributed by atoms with Gasteiger partial charge in [-0.05, 0) is 57.3 Å². The maximum atomic E-state index is 12.3. The summed E-state index contributed by atoms with van der Waals surface area (Å²) in [7, 11) is 1.47. The largest absolute Gasteiger partial charge is 0.469 e. The Kier molecular flexibility index (Phi) is 4.29. The molecule has 3 N–H and O–H groups in total. The fourth-order valence-corrected chi connectivity index (χ4v) is 7.12. The normalized spacial score (nSPS) is 47.8. The van der Waals surface area contributed by atoms with Gasteiger partial charge in [-0.2, -0.15) is 0 Å². The minimum absolute atomic E-state index is 0.0329. The van der Waals surface area contributed by atoms with E-state index < -0.39 is 17.1 Å². The molecule has 4 aliphatic carbocycles. The van der Waals surface area contributed by atoms with E-state index in [1.165, 1.54) is 18.3 Å². The summed E-state index contributed by atoms with van der Waals surface area (Å²) in [5.41, 5.74) is 1.12. The summed E-state index contributed by atoms with van der Waals surface area (Å²) >= 11 is 0. The fourth-order valence-electron chi connectivity index (χ4n) is 7.12. The third kappa shape index (κ3) is 2.23. The van der Waals surface area contributed by atoms with E-state index in [1.54, 1.807) is 0 Å². The number of fused-ring (bicyclic) bond motifs is 4. The van der Waals surface area contributed by atoms with Crippen molar-refractivity contribution in [1.82, 2.24) is 0 Å². The number of aliphatic hydroxyl groups is 3. The Labute approximate surface area is 155 Å². The van der Waals surface area contributed by atoms with Crippen molar-refractivity contribution in [2.45, 2.75) is 76.4 Å². The highest BCUT2D eigenvalue weighted by Crippen LogP contribution is 2.65. The molecule has 3 fully saturated rings. The van der Waals surface area contributed by atoms with E-state index in [1.807, 2.05) is 0 Å². The Morgan fingerprint density at radius 3 is 2.65 bits per heavy atom. The minimum Gasteiger partial charge on any atom is -0.469 e. The first-order valence-corrected chi connectivity index (χ1v) is 10.1. The van der Waals surface area contributed by atoms with Crippen molar-refractivity contribution >= 4 is 5.97 Å². The molecule has 5 nitrogen and oxygen atoms in total. The number of carbonyl (C=O) groups is 1. The summed E-state index contributed by atoms with van der Waals surface area (Å²) in [5.74, 6) is -0.0141. The number of hydrogen-bond donors (Lipinski definition) is 3. The lowest BCUT2D eigenvalue weighted by Gasteiger charge is -2.61. The Balaban J connectivity index is 1.76. The van der Waals surface area contributed by atoms with Crippen molar-refractivity contribution in [3.05, 3.63) is 11.1 Å². The first-order valence-electron chi connectivity index (χ1n) is 10.1. The average Bonchev–Trinajstić information content (AvgIpc) is 2.97. The minimum atomic E-state index is -0.984. The van der Waals surface area contributed by atoms with Crippen molar-refractivity contribution < 1.29 is 24.9 Å².